The first-order chi connectivity index (χ1) is 8.45. The quantitative estimate of drug-likeness (QED) is 0.727. The van der Waals surface area contributed by atoms with Crippen molar-refractivity contribution >= 4 is 0 Å². The normalized spacial score (nSPS) is 26.8. The summed E-state index contributed by atoms with van der Waals surface area (Å²) in [6, 6.07) is 1.73. The van der Waals surface area contributed by atoms with Crippen LogP contribution in [0.25, 0.3) is 0 Å². The fourth-order valence-electron chi connectivity index (χ4n) is 3.24. The van der Waals surface area contributed by atoms with Crippen LogP contribution in [-0.4, -0.2) is 12.1 Å². The maximum Gasteiger partial charge on any atom is 0.00696 e. The van der Waals surface area contributed by atoms with E-state index >= 15 is 0 Å². The molecule has 1 N–H and O–H groups in total. The fraction of sp³-hybridized carbons (Fsp3) is 1.00. The molecule has 2 aliphatic rings. The van der Waals surface area contributed by atoms with Gasteiger partial charge in [0, 0.05) is 12.1 Å². The number of hydrogen-bond acceptors (Lipinski definition) is 1. The van der Waals surface area contributed by atoms with Crippen LogP contribution in [0.4, 0.5) is 0 Å². The Morgan fingerprint density at radius 3 is 1.12 bits per heavy atom. The third-order valence-corrected chi connectivity index (χ3v) is 4.68. The summed E-state index contributed by atoms with van der Waals surface area (Å²) in [5.41, 5.74) is 0. The third kappa shape index (κ3) is 5.42. The molecule has 2 saturated carbocycles. The highest BCUT2D eigenvalue weighted by Crippen LogP contribution is 2.22. The lowest BCUT2D eigenvalue weighted by atomic mass is 9.90. The molecule has 0 aromatic carbocycles. The Labute approximate surface area is 108 Å². The highest BCUT2D eigenvalue weighted by atomic mass is 15.0. The van der Waals surface area contributed by atoms with Crippen molar-refractivity contribution in [1.29, 1.82) is 0 Å². The molecule has 17 heavy (non-hydrogen) atoms. The van der Waals surface area contributed by atoms with Gasteiger partial charge in [-0.05, 0) is 25.7 Å². The predicted octanol–water partition coefficient (Wildman–Crippen LogP) is 4.80. The van der Waals surface area contributed by atoms with Crippen molar-refractivity contribution < 1.29 is 0 Å². The molecular formula is C16H31N. The van der Waals surface area contributed by atoms with Crippen molar-refractivity contribution in [2.24, 2.45) is 0 Å². The van der Waals surface area contributed by atoms with Gasteiger partial charge in [0.2, 0.25) is 0 Å². The van der Waals surface area contributed by atoms with E-state index in [1.165, 1.54) is 89.9 Å². The van der Waals surface area contributed by atoms with Crippen LogP contribution >= 0.6 is 0 Å². The van der Waals surface area contributed by atoms with Gasteiger partial charge < -0.3 is 5.32 Å². The molecular weight excluding hydrogens is 206 g/mol. The average molecular weight is 237 g/mol. The van der Waals surface area contributed by atoms with Crippen molar-refractivity contribution in [3.05, 3.63) is 0 Å². The Morgan fingerprint density at radius 1 is 0.412 bits per heavy atom. The van der Waals surface area contributed by atoms with Crippen molar-refractivity contribution in [2.45, 2.75) is 102 Å². The lowest BCUT2D eigenvalue weighted by molar-refractivity contribution is 0.279. The van der Waals surface area contributed by atoms with Gasteiger partial charge in [0.25, 0.3) is 0 Å². The van der Waals surface area contributed by atoms with Gasteiger partial charge in [-0.1, -0.05) is 64.2 Å². The van der Waals surface area contributed by atoms with E-state index in [0.717, 1.165) is 12.1 Å². The van der Waals surface area contributed by atoms with Crippen LogP contribution in [0, 0.1) is 0 Å². The summed E-state index contributed by atoms with van der Waals surface area (Å²) in [6.07, 6.45) is 20.5. The fourth-order valence-corrected chi connectivity index (χ4v) is 3.24. The van der Waals surface area contributed by atoms with Crippen molar-refractivity contribution in [3.8, 4) is 0 Å². The van der Waals surface area contributed by atoms with Gasteiger partial charge in [0.15, 0.2) is 0 Å². The van der Waals surface area contributed by atoms with Crippen molar-refractivity contribution in [1.82, 2.24) is 5.32 Å². The maximum atomic E-state index is 3.91. The Kier molecular flexibility index (Phi) is 6.41. The van der Waals surface area contributed by atoms with Crippen LogP contribution in [0.1, 0.15) is 89.9 Å². The van der Waals surface area contributed by atoms with Crippen LogP contribution in [-0.2, 0) is 0 Å². The molecule has 0 saturated heterocycles. The van der Waals surface area contributed by atoms with E-state index in [2.05, 4.69) is 5.32 Å². The maximum absolute atomic E-state index is 3.91. The zero-order chi connectivity index (χ0) is 11.8. The number of rotatable bonds is 2. The smallest absolute Gasteiger partial charge is 0.00696 e. The van der Waals surface area contributed by atoms with E-state index in [1.54, 1.807) is 0 Å². The molecule has 100 valence electrons. The van der Waals surface area contributed by atoms with E-state index in [9.17, 15) is 0 Å². The summed E-state index contributed by atoms with van der Waals surface area (Å²) >= 11 is 0. The monoisotopic (exact) mass is 237 g/mol. The number of hydrogen-bond donors (Lipinski definition) is 1. The summed E-state index contributed by atoms with van der Waals surface area (Å²) in [5, 5.41) is 3.91. The highest BCUT2D eigenvalue weighted by Gasteiger charge is 2.20. The van der Waals surface area contributed by atoms with E-state index in [-0.39, 0.29) is 0 Å². The first-order valence-corrected chi connectivity index (χ1v) is 8.21. The molecule has 2 aliphatic carbocycles. The van der Waals surface area contributed by atoms with Gasteiger partial charge >= 0.3 is 0 Å². The molecule has 0 bridgehead atoms. The van der Waals surface area contributed by atoms with E-state index < -0.39 is 0 Å². The molecule has 0 radical (unpaired) electrons. The highest BCUT2D eigenvalue weighted by molar-refractivity contribution is 4.81. The van der Waals surface area contributed by atoms with Crippen LogP contribution in [0.2, 0.25) is 0 Å². The molecule has 0 aliphatic heterocycles. The standard InChI is InChI=1S/C16H31N/c1-2-4-6-8-11-15(12-9-7-5-3-1)17-16-13-10-14-16/h15-17H,1-14H2. The van der Waals surface area contributed by atoms with Crippen LogP contribution in [0.5, 0.6) is 0 Å². The lowest BCUT2D eigenvalue weighted by Crippen LogP contribution is -2.42. The zero-order valence-electron chi connectivity index (χ0n) is 11.6. The Morgan fingerprint density at radius 2 is 0.765 bits per heavy atom. The predicted molar refractivity (Wildman–Crippen MR) is 75.3 cm³/mol. The molecule has 0 atom stereocenters. The van der Waals surface area contributed by atoms with Crippen LogP contribution in [0.3, 0.4) is 0 Å². The summed E-state index contributed by atoms with van der Waals surface area (Å²) < 4.78 is 0. The zero-order valence-corrected chi connectivity index (χ0v) is 11.6. The Bertz CT molecular complexity index is 174. The van der Waals surface area contributed by atoms with Crippen LogP contribution in [0.15, 0.2) is 0 Å². The molecule has 0 spiro atoms. The van der Waals surface area contributed by atoms with Gasteiger partial charge in [-0.15, -0.1) is 0 Å². The molecule has 2 rings (SSSR count). The summed E-state index contributed by atoms with van der Waals surface area (Å²) in [6.45, 7) is 0. The summed E-state index contributed by atoms with van der Waals surface area (Å²) in [4.78, 5) is 0. The largest absolute Gasteiger partial charge is 0.311 e. The van der Waals surface area contributed by atoms with E-state index in [0.29, 0.717) is 0 Å². The lowest BCUT2D eigenvalue weighted by Gasteiger charge is -2.32. The van der Waals surface area contributed by atoms with Gasteiger partial charge in [0.1, 0.15) is 0 Å². The van der Waals surface area contributed by atoms with Gasteiger partial charge in [-0.2, -0.15) is 0 Å². The number of nitrogens with one attached hydrogen (secondary N) is 1. The molecule has 2 fully saturated rings. The minimum atomic E-state index is 0.847. The van der Waals surface area contributed by atoms with Crippen molar-refractivity contribution in [2.75, 3.05) is 0 Å². The Hall–Kier alpha value is -0.0400. The molecule has 0 aromatic rings. The second-order valence-corrected chi connectivity index (χ2v) is 6.25. The van der Waals surface area contributed by atoms with Crippen molar-refractivity contribution in [3.63, 3.8) is 0 Å². The Balaban J connectivity index is 1.67. The van der Waals surface area contributed by atoms with Crippen LogP contribution < -0.4 is 5.32 Å². The van der Waals surface area contributed by atoms with Gasteiger partial charge in [-0.25, -0.2) is 0 Å². The van der Waals surface area contributed by atoms with E-state index in [4.69, 9.17) is 0 Å². The molecule has 0 aromatic heterocycles. The first kappa shape index (κ1) is 13.4. The first-order valence-electron chi connectivity index (χ1n) is 8.21. The molecule has 0 amide bonds. The van der Waals surface area contributed by atoms with E-state index in [1.807, 2.05) is 0 Å². The topological polar surface area (TPSA) is 12.0 Å². The average Bonchev–Trinajstić information content (AvgIpc) is 2.26. The SMILES string of the molecule is C1CCCCCC(NC2CCC2)CCCCC1. The van der Waals surface area contributed by atoms with Gasteiger partial charge in [0.05, 0.1) is 0 Å². The minimum absolute atomic E-state index is 0.847. The summed E-state index contributed by atoms with van der Waals surface area (Å²) in [5.74, 6) is 0. The second kappa shape index (κ2) is 8.13. The minimum Gasteiger partial charge on any atom is -0.311 e. The molecule has 0 heterocycles. The molecule has 1 nitrogen and oxygen atoms in total. The summed E-state index contributed by atoms with van der Waals surface area (Å²) in [7, 11) is 0. The van der Waals surface area contributed by atoms with Gasteiger partial charge in [-0.3, -0.25) is 0 Å². The molecule has 0 unspecified atom stereocenters. The molecule has 1 heteroatoms. The second-order valence-electron chi connectivity index (χ2n) is 6.25. The third-order valence-electron chi connectivity index (χ3n) is 4.68.